The quantitative estimate of drug-likeness (QED) is 0.856. The fourth-order valence-electron chi connectivity index (χ4n) is 2.13. The molecule has 1 aliphatic heterocycles. The minimum absolute atomic E-state index is 0.0352. The molecule has 2 N–H and O–H groups in total. The number of hydrogen-bond acceptors (Lipinski definition) is 3. The minimum atomic E-state index is -0.117. The van der Waals surface area contributed by atoms with Crippen molar-refractivity contribution in [3.63, 3.8) is 0 Å². The zero-order chi connectivity index (χ0) is 13.8. The third-order valence-corrected chi connectivity index (χ3v) is 3.16. The first-order valence-electron chi connectivity index (χ1n) is 6.44. The summed E-state index contributed by atoms with van der Waals surface area (Å²) in [6, 6.07) is 6.89. The summed E-state index contributed by atoms with van der Waals surface area (Å²) >= 11 is 0. The lowest BCUT2D eigenvalue weighted by atomic mass is 10.1. The van der Waals surface area contributed by atoms with Crippen molar-refractivity contribution in [3.05, 3.63) is 29.8 Å². The van der Waals surface area contributed by atoms with E-state index >= 15 is 0 Å². The Bertz CT molecular complexity index is 479. The SMILES string of the molecule is CN(C)C(=O)c1cccc(NC(=O)[C@H]2CCCN2)c1. The van der Waals surface area contributed by atoms with Crippen LogP contribution in [0, 0.1) is 0 Å². The molecule has 0 aliphatic carbocycles. The summed E-state index contributed by atoms with van der Waals surface area (Å²) < 4.78 is 0. The summed E-state index contributed by atoms with van der Waals surface area (Å²) in [4.78, 5) is 25.3. The van der Waals surface area contributed by atoms with Gasteiger partial charge in [-0.05, 0) is 37.6 Å². The van der Waals surface area contributed by atoms with Crippen molar-refractivity contribution in [1.29, 1.82) is 0 Å². The second-order valence-electron chi connectivity index (χ2n) is 4.92. The van der Waals surface area contributed by atoms with E-state index in [0.717, 1.165) is 19.4 Å². The van der Waals surface area contributed by atoms with Crippen LogP contribution in [0.5, 0.6) is 0 Å². The van der Waals surface area contributed by atoms with Crippen LogP contribution in [0.25, 0.3) is 0 Å². The minimum Gasteiger partial charge on any atom is -0.345 e. The van der Waals surface area contributed by atoms with Crippen molar-refractivity contribution in [1.82, 2.24) is 10.2 Å². The van der Waals surface area contributed by atoms with E-state index in [1.807, 2.05) is 0 Å². The van der Waals surface area contributed by atoms with E-state index in [1.165, 1.54) is 4.90 Å². The molecule has 1 saturated heterocycles. The molecular weight excluding hydrogens is 242 g/mol. The average molecular weight is 261 g/mol. The van der Waals surface area contributed by atoms with Gasteiger partial charge in [-0.15, -0.1) is 0 Å². The van der Waals surface area contributed by atoms with Crippen LogP contribution in [0.3, 0.4) is 0 Å². The van der Waals surface area contributed by atoms with Gasteiger partial charge in [0.25, 0.3) is 5.91 Å². The molecule has 1 atom stereocenters. The summed E-state index contributed by atoms with van der Waals surface area (Å²) in [5.74, 6) is -0.109. The van der Waals surface area contributed by atoms with E-state index in [1.54, 1.807) is 38.4 Å². The topological polar surface area (TPSA) is 61.4 Å². The maximum atomic E-state index is 12.0. The molecule has 0 spiro atoms. The number of carbonyl (C=O) groups excluding carboxylic acids is 2. The van der Waals surface area contributed by atoms with Gasteiger partial charge in [-0.3, -0.25) is 9.59 Å². The molecule has 0 radical (unpaired) electrons. The number of amides is 2. The van der Waals surface area contributed by atoms with Gasteiger partial charge in [-0.2, -0.15) is 0 Å². The Morgan fingerprint density at radius 2 is 2.16 bits per heavy atom. The van der Waals surface area contributed by atoms with Gasteiger partial charge in [0.2, 0.25) is 5.91 Å². The number of hydrogen-bond donors (Lipinski definition) is 2. The summed E-state index contributed by atoms with van der Waals surface area (Å²) in [6.07, 6.45) is 1.89. The predicted octanol–water partition coefficient (Wildman–Crippen LogP) is 1.08. The molecule has 0 saturated carbocycles. The van der Waals surface area contributed by atoms with Crippen LogP contribution in [0.2, 0.25) is 0 Å². The van der Waals surface area contributed by atoms with E-state index in [2.05, 4.69) is 10.6 Å². The number of nitrogens with one attached hydrogen (secondary N) is 2. The Morgan fingerprint density at radius 3 is 2.79 bits per heavy atom. The van der Waals surface area contributed by atoms with Crippen LogP contribution in [-0.2, 0) is 4.79 Å². The standard InChI is InChI=1S/C14H19N3O2/c1-17(2)14(19)10-5-3-6-11(9-10)16-13(18)12-7-4-8-15-12/h3,5-6,9,12,15H,4,7-8H2,1-2H3,(H,16,18)/t12-/m1/s1. The number of anilines is 1. The highest BCUT2D eigenvalue weighted by atomic mass is 16.2. The summed E-state index contributed by atoms with van der Waals surface area (Å²) in [5.41, 5.74) is 1.23. The van der Waals surface area contributed by atoms with E-state index in [9.17, 15) is 9.59 Å². The van der Waals surface area contributed by atoms with Gasteiger partial charge in [-0.25, -0.2) is 0 Å². The van der Waals surface area contributed by atoms with Crippen LogP contribution in [0.1, 0.15) is 23.2 Å². The molecule has 2 amide bonds. The fourth-order valence-corrected chi connectivity index (χ4v) is 2.13. The van der Waals surface area contributed by atoms with Crippen LogP contribution in [-0.4, -0.2) is 43.4 Å². The molecule has 0 unspecified atom stereocenters. The Labute approximate surface area is 113 Å². The lowest BCUT2D eigenvalue weighted by molar-refractivity contribution is -0.117. The third kappa shape index (κ3) is 3.32. The molecule has 0 bridgehead atoms. The van der Waals surface area contributed by atoms with Crippen molar-refractivity contribution < 1.29 is 9.59 Å². The zero-order valence-electron chi connectivity index (χ0n) is 11.3. The Morgan fingerprint density at radius 1 is 1.37 bits per heavy atom. The Balaban J connectivity index is 2.06. The molecule has 19 heavy (non-hydrogen) atoms. The Kier molecular flexibility index (Phi) is 4.16. The first kappa shape index (κ1) is 13.5. The number of carbonyl (C=O) groups is 2. The van der Waals surface area contributed by atoms with Crippen molar-refractivity contribution in [3.8, 4) is 0 Å². The largest absolute Gasteiger partial charge is 0.345 e. The zero-order valence-corrected chi connectivity index (χ0v) is 11.3. The Hall–Kier alpha value is -1.88. The highest BCUT2D eigenvalue weighted by Crippen LogP contribution is 2.14. The van der Waals surface area contributed by atoms with Crippen LogP contribution in [0.4, 0.5) is 5.69 Å². The highest BCUT2D eigenvalue weighted by Gasteiger charge is 2.22. The van der Waals surface area contributed by atoms with Gasteiger partial charge in [0.05, 0.1) is 6.04 Å². The van der Waals surface area contributed by atoms with E-state index < -0.39 is 0 Å². The lowest BCUT2D eigenvalue weighted by Crippen LogP contribution is -2.35. The maximum absolute atomic E-state index is 12.0. The fraction of sp³-hybridized carbons (Fsp3) is 0.429. The molecule has 2 rings (SSSR count). The van der Waals surface area contributed by atoms with Crippen molar-refractivity contribution >= 4 is 17.5 Å². The van der Waals surface area contributed by atoms with Crippen LogP contribution >= 0.6 is 0 Å². The summed E-state index contributed by atoms with van der Waals surface area (Å²) in [7, 11) is 3.41. The molecule has 1 heterocycles. The second-order valence-corrected chi connectivity index (χ2v) is 4.92. The summed E-state index contributed by atoms with van der Waals surface area (Å²) in [6.45, 7) is 0.886. The van der Waals surface area contributed by atoms with E-state index in [-0.39, 0.29) is 17.9 Å². The van der Waals surface area contributed by atoms with Gasteiger partial charge >= 0.3 is 0 Å². The van der Waals surface area contributed by atoms with Crippen molar-refractivity contribution in [2.75, 3.05) is 26.0 Å². The van der Waals surface area contributed by atoms with Gasteiger partial charge < -0.3 is 15.5 Å². The normalized spacial score (nSPS) is 18.1. The molecule has 5 heteroatoms. The molecule has 1 fully saturated rings. The van der Waals surface area contributed by atoms with Crippen LogP contribution < -0.4 is 10.6 Å². The van der Waals surface area contributed by atoms with Crippen LogP contribution in [0.15, 0.2) is 24.3 Å². The van der Waals surface area contributed by atoms with Gasteiger partial charge in [0, 0.05) is 25.3 Å². The second kappa shape index (κ2) is 5.84. The molecule has 1 aromatic rings. The van der Waals surface area contributed by atoms with Gasteiger partial charge in [0.15, 0.2) is 0 Å². The number of rotatable bonds is 3. The van der Waals surface area contributed by atoms with Gasteiger partial charge in [0.1, 0.15) is 0 Å². The molecule has 1 aliphatic rings. The number of nitrogens with zero attached hydrogens (tertiary/aromatic N) is 1. The lowest BCUT2D eigenvalue weighted by Gasteiger charge is -2.13. The highest BCUT2D eigenvalue weighted by molar-refractivity contribution is 5.98. The monoisotopic (exact) mass is 261 g/mol. The molecular formula is C14H19N3O2. The first-order chi connectivity index (χ1) is 9.08. The molecule has 102 valence electrons. The first-order valence-corrected chi connectivity index (χ1v) is 6.44. The predicted molar refractivity (Wildman–Crippen MR) is 74.1 cm³/mol. The third-order valence-electron chi connectivity index (χ3n) is 3.16. The number of benzene rings is 1. The average Bonchev–Trinajstić information content (AvgIpc) is 2.92. The van der Waals surface area contributed by atoms with E-state index in [4.69, 9.17) is 0 Å². The van der Waals surface area contributed by atoms with E-state index in [0.29, 0.717) is 11.3 Å². The van der Waals surface area contributed by atoms with Crippen molar-refractivity contribution in [2.24, 2.45) is 0 Å². The smallest absolute Gasteiger partial charge is 0.253 e. The van der Waals surface area contributed by atoms with Gasteiger partial charge in [-0.1, -0.05) is 6.07 Å². The molecule has 5 nitrogen and oxygen atoms in total. The van der Waals surface area contributed by atoms with Crippen molar-refractivity contribution in [2.45, 2.75) is 18.9 Å². The maximum Gasteiger partial charge on any atom is 0.253 e. The molecule has 0 aromatic heterocycles. The molecule has 1 aromatic carbocycles. The summed E-state index contributed by atoms with van der Waals surface area (Å²) in [5, 5.41) is 5.99.